The normalized spacial score (nSPS) is 12.3. The van der Waals surface area contributed by atoms with Crippen LogP contribution in [0, 0.1) is 0 Å². The fourth-order valence-electron chi connectivity index (χ4n) is 1.06. The molecule has 1 N–H and O–H groups in total. The molecule has 1 aromatic heterocycles. The second-order valence-electron chi connectivity index (χ2n) is 3.02. The van der Waals surface area contributed by atoms with E-state index in [0.29, 0.717) is 13.1 Å². The Morgan fingerprint density at radius 2 is 2.27 bits per heavy atom. The third-order valence-corrected chi connectivity index (χ3v) is 4.92. The maximum atomic E-state index is 11.5. The van der Waals surface area contributed by atoms with E-state index in [1.165, 1.54) is 4.31 Å². The van der Waals surface area contributed by atoms with Crippen molar-refractivity contribution in [3.63, 3.8) is 0 Å². The lowest BCUT2D eigenvalue weighted by Gasteiger charge is -2.16. The summed E-state index contributed by atoms with van der Waals surface area (Å²) in [5.41, 5.74) is 0.982. The van der Waals surface area contributed by atoms with E-state index in [2.05, 4.69) is 20.7 Å². The molecule has 1 rings (SSSR count). The molecule has 0 aliphatic rings. The van der Waals surface area contributed by atoms with Crippen molar-refractivity contribution in [3.8, 4) is 0 Å². The van der Waals surface area contributed by atoms with Crippen LogP contribution in [0.1, 0.15) is 12.5 Å². The molecule has 1 aromatic rings. The van der Waals surface area contributed by atoms with E-state index >= 15 is 0 Å². The molecule has 15 heavy (non-hydrogen) atoms. The van der Waals surface area contributed by atoms with Crippen molar-refractivity contribution in [1.82, 2.24) is 9.03 Å². The highest BCUT2D eigenvalue weighted by Gasteiger charge is 2.16. The van der Waals surface area contributed by atoms with E-state index in [0.717, 1.165) is 9.35 Å². The predicted octanol–water partition coefficient (Wildman–Crippen LogP) is 1.80. The van der Waals surface area contributed by atoms with Crippen LogP contribution in [0.25, 0.3) is 0 Å². The first-order chi connectivity index (χ1) is 6.95. The summed E-state index contributed by atoms with van der Waals surface area (Å²) in [5.74, 6) is 0. The van der Waals surface area contributed by atoms with Gasteiger partial charge in [-0.25, -0.2) is 4.72 Å². The molecular weight excluding hydrogens is 300 g/mol. The molecule has 0 aliphatic carbocycles. The Morgan fingerprint density at radius 3 is 2.73 bits per heavy atom. The highest BCUT2D eigenvalue weighted by Crippen LogP contribution is 2.21. The summed E-state index contributed by atoms with van der Waals surface area (Å²) < 4.78 is 27.8. The number of halogens is 1. The van der Waals surface area contributed by atoms with Crippen LogP contribution in [0.5, 0.6) is 0 Å². The van der Waals surface area contributed by atoms with E-state index in [1.807, 2.05) is 11.4 Å². The van der Waals surface area contributed by atoms with Gasteiger partial charge in [-0.1, -0.05) is 6.92 Å². The molecule has 0 spiro atoms. The topological polar surface area (TPSA) is 49.4 Å². The van der Waals surface area contributed by atoms with Crippen molar-refractivity contribution in [2.75, 3.05) is 13.6 Å². The molecule has 4 nitrogen and oxygen atoms in total. The van der Waals surface area contributed by atoms with Gasteiger partial charge in [0.1, 0.15) is 0 Å². The van der Waals surface area contributed by atoms with E-state index in [4.69, 9.17) is 0 Å². The summed E-state index contributed by atoms with van der Waals surface area (Å²) in [5, 5.41) is 1.93. The van der Waals surface area contributed by atoms with Crippen molar-refractivity contribution in [1.29, 1.82) is 0 Å². The van der Waals surface area contributed by atoms with Gasteiger partial charge in [-0.05, 0) is 32.9 Å². The molecule has 0 atom stereocenters. The van der Waals surface area contributed by atoms with Crippen LogP contribution < -0.4 is 4.72 Å². The zero-order valence-electron chi connectivity index (χ0n) is 8.53. The van der Waals surface area contributed by atoms with Crippen LogP contribution in [-0.2, 0) is 16.8 Å². The van der Waals surface area contributed by atoms with Crippen molar-refractivity contribution in [3.05, 3.63) is 20.8 Å². The molecular formula is C8H13BrN2O2S2. The Kier molecular flexibility index (Phi) is 4.72. The summed E-state index contributed by atoms with van der Waals surface area (Å²) in [6.07, 6.45) is 0. The average molecular weight is 313 g/mol. The molecule has 0 saturated carbocycles. The van der Waals surface area contributed by atoms with Crippen LogP contribution in [-0.4, -0.2) is 26.3 Å². The first kappa shape index (κ1) is 13.1. The number of thiophene rings is 1. The minimum atomic E-state index is -3.33. The van der Waals surface area contributed by atoms with E-state index in [-0.39, 0.29) is 0 Å². The van der Waals surface area contributed by atoms with Gasteiger partial charge < -0.3 is 0 Å². The Labute approximate surface area is 103 Å². The smallest absolute Gasteiger partial charge is 0.202 e. The lowest BCUT2D eigenvalue weighted by molar-refractivity contribution is 0.457. The number of nitrogens with zero attached hydrogens (tertiary/aromatic N) is 1. The van der Waals surface area contributed by atoms with Gasteiger partial charge in [-0.3, -0.25) is 0 Å². The molecule has 0 unspecified atom stereocenters. The number of hydrogen-bond donors (Lipinski definition) is 1. The summed E-state index contributed by atoms with van der Waals surface area (Å²) in [4.78, 5) is 0. The fourth-order valence-corrected chi connectivity index (χ4v) is 3.17. The summed E-state index contributed by atoms with van der Waals surface area (Å²) in [7, 11) is -1.77. The van der Waals surface area contributed by atoms with Crippen molar-refractivity contribution < 1.29 is 8.42 Å². The Hall–Kier alpha value is 0.0500. The van der Waals surface area contributed by atoms with Gasteiger partial charge in [0.2, 0.25) is 0 Å². The summed E-state index contributed by atoms with van der Waals surface area (Å²) in [6.45, 7) is 2.55. The third kappa shape index (κ3) is 3.84. The maximum absolute atomic E-state index is 11.5. The largest absolute Gasteiger partial charge is 0.279 e. The highest BCUT2D eigenvalue weighted by molar-refractivity contribution is 9.11. The first-order valence-corrected chi connectivity index (χ1v) is 7.51. The van der Waals surface area contributed by atoms with Gasteiger partial charge in [0.25, 0.3) is 10.2 Å². The molecule has 0 aromatic carbocycles. The second kappa shape index (κ2) is 5.40. The van der Waals surface area contributed by atoms with Gasteiger partial charge in [0, 0.05) is 20.1 Å². The zero-order chi connectivity index (χ0) is 11.5. The molecule has 0 aliphatic heterocycles. The quantitative estimate of drug-likeness (QED) is 0.901. The van der Waals surface area contributed by atoms with Gasteiger partial charge in [-0.2, -0.15) is 12.7 Å². The van der Waals surface area contributed by atoms with Crippen LogP contribution in [0.15, 0.2) is 15.2 Å². The zero-order valence-corrected chi connectivity index (χ0v) is 11.7. The minimum Gasteiger partial charge on any atom is -0.202 e. The third-order valence-electron chi connectivity index (χ3n) is 1.76. The van der Waals surface area contributed by atoms with Gasteiger partial charge in [0.15, 0.2) is 0 Å². The highest BCUT2D eigenvalue weighted by atomic mass is 79.9. The molecule has 0 amide bonds. The first-order valence-electron chi connectivity index (χ1n) is 4.39. The molecule has 0 saturated heterocycles. The Morgan fingerprint density at radius 1 is 1.60 bits per heavy atom. The standard InChI is InChI=1S/C8H13BrN2O2S2/c1-3-10-15(12,13)11(2)5-7-4-8(9)14-6-7/h4,6,10H,3,5H2,1-2H3. The van der Waals surface area contributed by atoms with Crippen molar-refractivity contribution in [2.24, 2.45) is 0 Å². The van der Waals surface area contributed by atoms with Crippen LogP contribution >= 0.6 is 27.3 Å². The Balaban J connectivity index is 2.67. The molecule has 1 heterocycles. The lowest BCUT2D eigenvalue weighted by atomic mass is 10.3. The van der Waals surface area contributed by atoms with Crippen LogP contribution in [0.4, 0.5) is 0 Å². The second-order valence-corrected chi connectivity index (χ2v) is 7.17. The van der Waals surface area contributed by atoms with Crippen molar-refractivity contribution in [2.45, 2.75) is 13.5 Å². The van der Waals surface area contributed by atoms with Gasteiger partial charge >= 0.3 is 0 Å². The molecule has 86 valence electrons. The minimum absolute atomic E-state index is 0.386. The predicted molar refractivity (Wildman–Crippen MR) is 66.1 cm³/mol. The van der Waals surface area contributed by atoms with Crippen LogP contribution in [0.3, 0.4) is 0 Å². The van der Waals surface area contributed by atoms with Crippen LogP contribution in [0.2, 0.25) is 0 Å². The monoisotopic (exact) mass is 312 g/mol. The van der Waals surface area contributed by atoms with E-state index < -0.39 is 10.2 Å². The molecule has 0 bridgehead atoms. The van der Waals surface area contributed by atoms with Gasteiger partial charge in [-0.15, -0.1) is 11.3 Å². The average Bonchev–Trinajstić information content (AvgIpc) is 2.51. The summed E-state index contributed by atoms with van der Waals surface area (Å²) >= 11 is 4.88. The van der Waals surface area contributed by atoms with E-state index in [9.17, 15) is 8.42 Å². The summed E-state index contributed by atoms with van der Waals surface area (Å²) in [6, 6.07) is 1.92. The Bertz CT molecular complexity index is 416. The van der Waals surface area contributed by atoms with E-state index in [1.54, 1.807) is 25.3 Å². The van der Waals surface area contributed by atoms with Gasteiger partial charge in [0.05, 0.1) is 3.79 Å². The SMILES string of the molecule is CCNS(=O)(=O)N(C)Cc1csc(Br)c1. The van der Waals surface area contributed by atoms with Crippen molar-refractivity contribution >= 4 is 37.5 Å². The number of hydrogen-bond acceptors (Lipinski definition) is 3. The molecule has 0 fully saturated rings. The fraction of sp³-hybridized carbons (Fsp3) is 0.500. The lowest BCUT2D eigenvalue weighted by Crippen LogP contribution is -2.37. The number of nitrogens with one attached hydrogen (secondary N) is 1. The molecule has 0 radical (unpaired) electrons. The molecule has 7 heteroatoms. The maximum Gasteiger partial charge on any atom is 0.279 e. The number of rotatable bonds is 5.